The van der Waals surface area contributed by atoms with Gasteiger partial charge in [0.05, 0.1) is 11.3 Å². The van der Waals surface area contributed by atoms with Crippen molar-refractivity contribution < 1.29 is 18.4 Å². The van der Waals surface area contributed by atoms with Crippen molar-refractivity contribution in [1.29, 1.82) is 0 Å². The van der Waals surface area contributed by atoms with Crippen LogP contribution in [0.25, 0.3) is 5.57 Å². The molecule has 0 unspecified atom stereocenters. The maximum Gasteiger partial charge on any atom is 0.282 e. The highest BCUT2D eigenvalue weighted by molar-refractivity contribution is 6.46. The lowest BCUT2D eigenvalue weighted by atomic mass is 10.0. The molecule has 150 valence electrons. The van der Waals surface area contributed by atoms with E-state index in [1.54, 1.807) is 6.07 Å². The Bertz CT molecular complexity index is 1200. The molecule has 1 heterocycles. The van der Waals surface area contributed by atoms with Crippen molar-refractivity contribution in [1.82, 2.24) is 0 Å². The Morgan fingerprint density at radius 2 is 1.53 bits per heavy atom. The van der Waals surface area contributed by atoms with E-state index in [-0.39, 0.29) is 17.0 Å². The Kier molecular flexibility index (Phi) is 4.91. The number of amides is 2. The van der Waals surface area contributed by atoms with Gasteiger partial charge in [-0.2, -0.15) is 0 Å². The fourth-order valence-corrected chi connectivity index (χ4v) is 3.47. The second kappa shape index (κ2) is 7.55. The highest BCUT2D eigenvalue weighted by atomic mass is 19.1. The molecule has 0 radical (unpaired) electrons. The quantitative estimate of drug-likeness (QED) is 0.624. The van der Waals surface area contributed by atoms with Crippen LogP contribution in [0.2, 0.25) is 0 Å². The third kappa shape index (κ3) is 3.37. The van der Waals surface area contributed by atoms with Gasteiger partial charge in [0.1, 0.15) is 17.3 Å². The van der Waals surface area contributed by atoms with E-state index < -0.39 is 23.4 Å². The minimum absolute atomic E-state index is 0.0156. The molecule has 1 aliphatic rings. The van der Waals surface area contributed by atoms with Crippen LogP contribution in [0.1, 0.15) is 16.7 Å². The van der Waals surface area contributed by atoms with Gasteiger partial charge in [-0.05, 0) is 55.3 Å². The molecule has 0 saturated heterocycles. The Hall–Kier alpha value is -3.80. The minimum Gasteiger partial charge on any atom is -0.350 e. The Balaban J connectivity index is 1.86. The SMILES string of the molecule is Cc1ccc(NC2=C(c3ccc(F)cc3)C(=O)N(c3ccccc3F)C2=O)c(C)c1. The maximum absolute atomic E-state index is 14.4. The molecule has 2 amide bonds. The van der Waals surface area contributed by atoms with Gasteiger partial charge < -0.3 is 5.32 Å². The van der Waals surface area contributed by atoms with Crippen LogP contribution in [0, 0.1) is 25.5 Å². The Morgan fingerprint density at radius 3 is 2.20 bits per heavy atom. The largest absolute Gasteiger partial charge is 0.350 e. The number of anilines is 2. The van der Waals surface area contributed by atoms with Gasteiger partial charge in [-0.1, -0.05) is 42.0 Å². The Morgan fingerprint density at radius 1 is 0.833 bits per heavy atom. The Labute approximate surface area is 172 Å². The van der Waals surface area contributed by atoms with Crippen LogP contribution in [-0.2, 0) is 9.59 Å². The van der Waals surface area contributed by atoms with Crippen molar-refractivity contribution in [3.8, 4) is 0 Å². The average molecular weight is 404 g/mol. The number of para-hydroxylation sites is 1. The average Bonchev–Trinajstić information content (AvgIpc) is 2.95. The first-order valence-corrected chi connectivity index (χ1v) is 9.34. The first kappa shape index (κ1) is 19.5. The van der Waals surface area contributed by atoms with E-state index in [0.29, 0.717) is 11.3 Å². The molecule has 3 aromatic rings. The summed E-state index contributed by atoms with van der Waals surface area (Å²) in [6, 6.07) is 16.5. The van der Waals surface area contributed by atoms with Crippen LogP contribution in [0.3, 0.4) is 0 Å². The molecular weight excluding hydrogens is 386 g/mol. The number of imide groups is 1. The third-order valence-electron chi connectivity index (χ3n) is 4.95. The summed E-state index contributed by atoms with van der Waals surface area (Å²) in [5, 5.41) is 3.05. The van der Waals surface area contributed by atoms with Gasteiger partial charge >= 0.3 is 0 Å². The van der Waals surface area contributed by atoms with Gasteiger partial charge in [-0.25, -0.2) is 13.7 Å². The van der Waals surface area contributed by atoms with Crippen LogP contribution in [0.4, 0.5) is 20.2 Å². The van der Waals surface area contributed by atoms with Gasteiger partial charge in [0, 0.05) is 5.69 Å². The predicted molar refractivity (Wildman–Crippen MR) is 112 cm³/mol. The lowest BCUT2D eigenvalue weighted by molar-refractivity contribution is -0.120. The van der Waals surface area contributed by atoms with E-state index in [4.69, 9.17) is 0 Å². The number of hydrogen-bond acceptors (Lipinski definition) is 3. The lowest BCUT2D eigenvalue weighted by Crippen LogP contribution is -2.33. The summed E-state index contributed by atoms with van der Waals surface area (Å²) in [5.74, 6) is -2.51. The van der Waals surface area contributed by atoms with Crippen molar-refractivity contribution in [2.75, 3.05) is 10.2 Å². The number of rotatable bonds is 4. The molecule has 0 fully saturated rings. The summed E-state index contributed by atoms with van der Waals surface area (Å²) < 4.78 is 27.8. The van der Waals surface area contributed by atoms with Crippen LogP contribution in [0.5, 0.6) is 0 Å². The van der Waals surface area contributed by atoms with E-state index >= 15 is 0 Å². The van der Waals surface area contributed by atoms with Crippen LogP contribution < -0.4 is 10.2 Å². The second-order valence-corrected chi connectivity index (χ2v) is 7.10. The van der Waals surface area contributed by atoms with Crippen molar-refractivity contribution in [2.45, 2.75) is 13.8 Å². The van der Waals surface area contributed by atoms with Gasteiger partial charge in [0.25, 0.3) is 11.8 Å². The van der Waals surface area contributed by atoms with Crippen molar-refractivity contribution >= 4 is 28.8 Å². The van der Waals surface area contributed by atoms with E-state index in [1.165, 1.54) is 42.5 Å². The lowest BCUT2D eigenvalue weighted by Gasteiger charge is -2.16. The third-order valence-corrected chi connectivity index (χ3v) is 4.95. The first-order chi connectivity index (χ1) is 14.4. The summed E-state index contributed by atoms with van der Waals surface area (Å²) in [6.45, 7) is 3.83. The smallest absolute Gasteiger partial charge is 0.282 e. The number of nitrogens with one attached hydrogen (secondary N) is 1. The van der Waals surface area contributed by atoms with E-state index in [0.717, 1.165) is 16.0 Å². The zero-order valence-electron chi connectivity index (χ0n) is 16.4. The highest BCUT2D eigenvalue weighted by Gasteiger charge is 2.41. The van der Waals surface area contributed by atoms with E-state index in [9.17, 15) is 18.4 Å². The van der Waals surface area contributed by atoms with Crippen LogP contribution in [0.15, 0.2) is 72.4 Å². The molecule has 30 heavy (non-hydrogen) atoms. The fraction of sp³-hybridized carbons (Fsp3) is 0.0833. The molecule has 6 heteroatoms. The molecule has 4 nitrogen and oxygen atoms in total. The molecule has 0 aromatic heterocycles. The zero-order valence-corrected chi connectivity index (χ0v) is 16.4. The monoisotopic (exact) mass is 404 g/mol. The molecular formula is C24H18F2N2O2. The zero-order chi connectivity index (χ0) is 21.4. The number of aryl methyl sites for hydroxylation is 2. The van der Waals surface area contributed by atoms with Gasteiger partial charge in [0.2, 0.25) is 0 Å². The number of carbonyl (C=O) groups excluding carboxylic acids is 2. The molecule has 0 atom stereocenters. The fourth-order valence-electron chi connectivity index (χ4n) is 3.47. The molecule has 4 rings (SSSR count). The van der Waals surface area contributed by atoms with Gasteiger partial charge in [-0.15, -0.1) is 0 Å². The summed E-state index contributed by atoms with van der Waals surface area (Å²) in [6.07, 6.45) is 0. The first-order valence-electron chi connectivity index (χ1n) is 9.34. The van der Waals surface area contributed by atoms with Crippen LogP contribution in [-0.4, -0.2) is 11.8 Å². The van der Waals surface area contributed by atoms with Crippen molar-refractivity contribution in [3.05, 3.63) is 101 Å². The second-order valence-electron chi connectivity index (χ2n) is 7.10. The summed E-state index contributed by atoms with van der Waals surface area (Å²) in [7, 11) is 0. The standard InChI is InChI=1S/C24H18F2N2O2/c1-14-7-12-19(15(2)13-14)27-22-21(16-8-10-17(25)11-9-16)23(29)28(24(22)30)20-6-4-3-5-18(20)26/h3-13,27H,1-2H3. The minimum atomic E-state index is -0.689. The number of benzene rings is 3. The molecule has 0 bridgehead atoms. The number of halogens is 2. The van der Waals surface area contributed by atoms with Crippen LogP contribution >= 0.6 is 0 Å². The summed E-state index contributed by atoms with van der Waals surface area (Å²) >= 11 is 0. The maximum atomic E-state index is 14.4. The number of carbonyl (C=O) groups is 2. The molecule has 1 aliphatic heterocycles. The molecule has 1 N–H and O–H groups in total. The molecule has 0 saturated carbocycles. The predicted octanol–water partition coefficient (Wildman–Crippen LogP) is 4.98. The summed E-state index contributed by atoms with van der Waals surface area (Å²) in [4.78, 5) is 27.3. The number of nitrogens with zero attached hydrogens (tertiary/aromatic N) is 1. The van der Waals surface area contributed by atoms with Crippen molar-refractivity contribution in [3.63, 3.8) is 0 Å². The van der Waals surface area contributed by atoms with E-state index in [2.05, 4.69) is 5.32 Å². The topological polar surface area (TPSA) is 49.4 Å². The molecule has 0 aliphatic carbocycles. The summed E-state index contributed by atoms with van der Waals surface area (Å²) in [5.41, 5.74) is 2.88. The van der Waals surface area contributed by atoms with E-state index in [1.807, 2.05) is 32.0 Å². The van der Waals surface area contributed by atoms with Gasteiger partial charge in [0.15, 0.2) is 0 Å². The molecule has 0 spiro atoms. The highest BCUT2D eigenvalue weighted by Crippen LogP contribution is 2.35. The number of hydrogen-bond donors (Lipinski definition) is 1. The van der Waals surface area contributed by atoms with Crippen molar-refractivity contribution in [2.24, 2.45) is 0 Å². The molecule has 3 aromatic carbocycles. The normalized spacial score (nSPS) is 13.9. The van der Waals surface area contributed by atoms with Gasteiger partial charge in [-0.3, -0.25) is 9.59 Å².